The molecule has 0 aromatic carbocycles. The molecule has 0 amide bonds. The van der Waals surface area contributed by atoms with Crippen molar-refractivity contribution in [1.29, 1.82) is 5.26 Å². The average Bonchev–Trinajstić information content (AvgIpc) is 2.92. The highest BCUT2D eigenvalue weighted by Gasteiger charge is 2.84. The molecule has 1 aliphatic rings. The summed E-state index contributed by atoms with van der Waals surface area (Å²) in [6.07, 6.45) is -0.759. The predicted octanol–water partition coefficient (Wildman–Crippen LogP) is 3.42. The van der Waals surface area contributed by atoms with Crippen molar-refractivity contribution in [1.82, 2.24) is 9.78 Å². The fraction of sp³-hybridized carbons (Fsp3) is 0.467. The van der Waals surface area contributed by atoms with Crippen molar-refractivity contribution in [2.75, 3.05) is 5.73 Å². The second-order valence-electron chi connectivity index (χ2n) is 7.52. The Morgan fingerprint density at radius 2 is 1.77 bits per heavy atom. The van der Waals surface area contributed by atoms with Crippen LogP contribution < -0.4 is 5.73 Å². The molecule has 1 aromatic rings. The van der Waals surface area contributed by atoms with Crippen LogP contribution in [0.4, 0.5) is 27.8 Å². The van der Waals surface area contributed by atoms with E-state index in [9.17, 15) is 26.9 Å². The number of anilines is 1. The maximum atomic E-state index is 15.8. The van der Waals surface area contributed by atoms with Crippen LogP contribution in [0.25, 0.3) is 0 Å². The smallest absolute Gasteiger partial charge is 0.354 e. The lowest BCUT2D eigenvalue weighted by molar-refractivity contribution is -0.216. The SMILES string of the molecule is C[Si](C)(C)C#Cc1c(C#N)nn(C2(F)C(Cl)=CC(F)(S(=O)(=O)O)C(F)(F)C2(F)Cl)c1N. The van der Waals surface area contributed by atoms with E-state index in [1.54, 1.807) is 19.6 Å². The Balaban J connectivity index is 2.95. The first-order valence-electron chi connectivity index (χ1n) is 8.00. The van der Waals surface area contributed by atoms with E-state index in [2.05, 4.69) is 16.6 Å². The van der Waals surface area contributed by atoms with E-state index in [4.69, 9.17) is 33.5 Å². The molecule has 1 heterocycles. The van der Waals surface area contributed by atoms with Gasteiger partial charge < -0.3 is 5.73 Å². The molecule has 0 fully saturated rings. The number of nitrogen functional groups attached to an aromatic ring is 1. The highest BCUT2D eigenvalue weighted by Crippen LogP contribution is 2.63. The molecule has 170 valence electrons. The zero-order valence-electron chi connectivity index (χ0n) is 15.8. The minimum absolute atomic E-state index is 0.344. The highest BCUT2D eigenvalue weighted by atomic mass is 35.5. The third-order valence-electron chi connectivity index (χ3n) is 4.12. The first-order chi connectivity index (χ1) is 13.7. The monoisotopic (exact) mass is 522 g/mol. The molecule has 0 saturated carbocycles. The van der Waals surface area contributed by atoms with E-state index in [0.29, 0.717) is 0 Å². The molecule has 0 aliphatic heterocycles. The van der Waals surface area contributed by atoms with E-state index < -0.39 is 68.2 Å². The number of nitriles is 1. The van der Waals surface area contributed by atoms with Crippen LogP contribution in [0.15, 0.2) is 11.1 Å². The first-order valence-corrected chi connectivity index (χ1v) is 13.7. The number of halogens is 7. The Hall–Kier alpha value is -1.84. The number of aromatic nitrogens is 2. The van der Waals surface area contributed by atoms with Crippen LogP contribution in [-0.2, 0) is 15.9 Å². The van der Waals surface area contributed by atoms with Gasteiger partial charge in [-0.25, -0.2) is 17.9 Å². The summed E-state index contributed by atoms with van der Waals surface area (Å²) in [6.45, 7) is 5.35. The molecule has 3 unspecified atom stereocenters. The third-order valence-corrected chi connectivity index (χ3v) is 6.97. The number of rotatable bonds is 2. The van der Waals surface area contributed by atoms with Gasteiger partial charge in [-0.1, -0.05) is 48.8 Å². The first kappa shape index (κ1) is 25.4. The quantitative estimate of drug-likeness (QED) is 0.202. The van der Waals surface area contributed by atoms with Crippen LogP contribution >= 0.6 is 23.2 Å². The third kappa shape index (κ3) is 3.41. The van der Waals surface area contributed by atoms with Gasteiger partial charge in [0, 0.05) is 0 Å². The molecule has 7 nitrogen and oxygen atoms in total. The van der Waals surface area contributed by atoms with E-state index in [1.165, 1.54) is 6.07 Å². The summed E-state index contributed by atoms with van der Waals surface area (Å²) < 4.78 is 106. The summed E-state index contributed by atoms with van der Waals surface area (Å²) in [5.74, 6) is -8.99. The fourth-order valence-corrected chi connectivity index (χ4v) is 4.59. The van der Waals surface area contributed by atoms with E-state index in [-0.39, 0.29) is 4.68 Å². The molecule has 1 aromatic heterocycles. The van der Waals surface area contributed by atoms with Crippen LogP contribution in [0.2, 0.25) is 19.6 Å². The minimum Gasteiger partial charge on any atom is -0.383 e. The van der Waals surface area contributed by atoms with Gasteiger partial charge in [0.25, 0.3) is 5.79 Å². The molecule has 16 heteroatoms. The molecule has 0 radical (unpaired) electrons. The lowest BCUT2D eigenvalue weighted by Gasteiger charge is -2.46. The van der Waals surface area contributed by atoms with Crippen LogP contribution in [-0.4, -0.2) is 46.9 Å². The van der Waals surface area contributed by atoms with Crippen LogP contribution in [0.3, 0.4) is 0 Å². The number of nitrogens with zero attached hydrogens (tertiary/aromatic N) is 3. The van der Waals surface area contributed by atoms with Gasteiger partial charge in [0.1, 0.15) is 25.5 Å². The maximum Gasteiger partial charge on any atom is 0.354 e. The Bertz CT molecular complexity index is 1200. The van der Waals surface area contributed by atoms with Crippen molar-refractivity contribution < 1.29 is 34.9 Å². The molecule has 3 N–H and O–H groups in total. The van der Waals surface area contributed by atoms with E-state index in [0.717, 1.165) is 0 Å². The van der Waals surface area contributed by atoms with Gasteiger partial charge in [-0.05, 0) is 6.08 Å². The van der Waals surface area contributed by atoms with Gasteiger partial charge in [-0.2, -0.15) is 27.6 Å². The normalized spacial score (nSPS) is 30.7. The Kier molecular flexibility index (Phi) is 5.81. The fourth-order valence-electron chi connectivity index (χ4n) is 2.51. The molecular formula is C15H13Cl2F5N4O3SSi. The lowest BCUT2D eigenvalue weighted by atomic mass is 9.91. The maximum absolute atomic E-state index is 15.8. The summed E-state index contributed by atoms with van der Waals surface area (Å²) in [4.78, 5) is 0. The minimum atomic E-state index is -6.41. The van der Waals surface area contributed by atoms with Crippen LogP contribution in [0, 0.1) is 22.8 Å². The summed E-state index contributed by atoms with van der Waals surface area (Å²) in [6, 6.07) is 1.46. The molecule has 0 bridgehead atoms. The molecular weight excluding hydrogens is 510 g/mol. The number of nitrogens with two attached hydrogens (primary N) is 1. The predicted molar refractivity (Wildman–Crippen MR) is 105 cm³/mol. The largest absolute Gasteiger partial charge is 0.383 e. The summed E-state index contributed by atoms with van der Waals surface area (Å²) in [5, 5.41) is 0.0912. The highest BCUT2D eigenvalue weighted by molar-refractivity contribution is 7.87. The van der Waals surface area contributed by atoms with Gasteiger partial charge in [0.2, 0.25) is 0 Å². The second-order valence-corrected chi connectivity index (χ2v) is 14.7. The van der Waals surface area contributed by atoms with Gasteiger partial charge in [-0.15, -0.1) is 5.54 Å². The molecule has 3 atom stereocenters. The second kappa shape index (κ2) is 7.08. The van der Waals surface area contributed by atoms with Crippen molar-refractivity contribution in [3.63, 3.8) is 0 Å². The Labute approximate surface area is 184 Å². The summed E-state index contributed by atoms with van der Waals surface area (Å²) in [7, 11) is -8.52. The van der Waals surface area contributed by atoms with E-state index >= 15 is 8.78 Å². The van der Waals surface area contributed by atoms with Crippen LogP contribution in [0.5, 0.6) is 0 Å². The Morgan fingerprint density at radius 3 is 2.19 bits per heavy atom. The molecule has 0 saturated heterocycles. The van der Waals surface area contributed by atoms with Crippen molar-refractivity contribution in [2.24, 2.45) is 0 Å². The standard InChI is InChI=1S/C15H13Cl2F5N4O3SSi/c1-31(2,3)5-4-8-9(7-23)25-26(11(8)24)13(19)10(16)6-12(18,30(27,28)29)15(21,22)14(13,17)20/h6H,24H2,1-3H3,(H,27,28,29). The molecule has 0 spiro atoms. The molecule has 2 rings (SSSR count). The zero-order chi connectivity index (χ0) is 24.4. The number of hydrogen-bond acceptors (Lipinski definition) is 5. The summed E-state index contributed by atoms with van der Waals surface area (Å²) in [5.41, 5.74) is 7.23. The van der Waals surface area contributed by atoms with Gasteiger partial charge in [0.15, 0.2) is 5.69 Å². The number of allylic oxidation sites excluding steroid dienone is 1. The summed E-state index contributed by atoms with van der Waals surface area (Å²) >= 11 is 10.5. The lowest BCUT2D eigenvalue weighted by Crippen LogP contribution is -2.69. The van der Waals surface area contributed by atoms with Gasteiger partial charge in [0.05, 0.1) is 5.03 Å². The topological polar surface area (TPSA) is 122 Å². The van der Waals surface area contributed by atoms with Crippen molar-refractivity contribution in [3.8, 4) is 17.5 Å². The van der Waals surface area contributed by atoms with Gasteiger partial charge >= 0.3 is 26.2 Å². The molecule has 31 heavy (non-hydrogen) atoms. The Morgan fingerprint density at radius 1 is 1.26 bits per heavy atom. The molecule has 1 aliphatic carbocycles. The van der Waals surface area contributed by atoms with Gasteiger partial charge in [-0.3, -0.25) is 4.55 Å². The number of alkyl halides is 6. The zero-order valence-corrected chi connectivity index (χ0v) is 19.1. The van der Waals surface area contributed by atoms with Crippen molar-refractivity contribution >= 4 is 47.2 Å². The van der Waals surface area contributed by atoms with Crippen molar-refractivity contribution in [3.05, 3.63) is 22.4 Å². The average molecular weight is 523 g/mol. The number of hydrogen-bond donors (Lipinski definition) is 2. The van der Waals surface area contributed by atoms with Crippen molar-refractivity contribution in [2.45, 2.75) is 41.5 Å². The van der Waals surface area contributed by atoms with Crippen LogP contribution in [0.1, 0.15) is 11.3 Å². The van der Waals surface area contributed by atoms with E-state index in [1.807, 2.05) is 0 Å².